The third-order valence-corrected chi connectivity index (χ3v) is 9.31. The SMILES string of the molecule is CC1CN(S(=O)(=O)c2cccc(C(=O)CNCC(c3cccs3)N3CCCCC3)c2)CC(C)O1. The molecule has 4 rings (SSSR count). The van der Waals surface area contributed by atoms with Crippen molar-refractivity contribution in [1.29, 1.82) is 0 Å². The summed E-state index contributed by atoms with van der Waals surface area (Å²) in [5, 5.41) is 5.44. The number of piperidine rings is 1. The van der Waals surface area contributed by atoms with Crippen LogP contribution in [-0.2, 0) is 14.8 Å². The molecule has 3 unspecified atom stereocenters. The molecule has 0 saturated carbocycles. The molecular weight excluding hydrogens is 470 g/mol. The van der Waals surface area contributed by atoms with Crippen molar-refractivity contribution >= 4 is 27.1 Å². The number of carbonyl (C=O) groups is 1. The van der Waals surface area contributed by atoms with Crippen LogP contribution in [0.3, 0.4) is 0 Å². The third-order valence-electron chi connectivity index (χ3n) is 6.51. The van der Waals surface area contributed by atoms with Crippen molar-refractivity contribution in [2.24, 2.45) is 0 Å². The Labute approximate surface area is 207 Å². The van der Waals surface area contributed by atoms with E-state index in [0.29, 0.717) is 25.2 Å². The second kappa shape index (κ2) is 11.4. The van der Waals surface area contributed by atoms with Crippen LogP contribution in [0.15, 0.2) is 46.7 Å². The molecule has 1 aromatic carbocycles. The van der Waals surface area contributed by atoms with Crippen LogP contribution in [0.4, 0.5) is 0 Å². The zero-order chi connectivity index (χ0) is 24.1. The molecule has 2 fully saturated rings. The number of hydrogen-bond acceptors (Lipinski definition) is 7. The lowest BCUT2D eigenvalue weighted by atomic mass is 10.1. The number of carbonyl (C=O) groups excluding carboxylic acids is 1. The fourth-order valence-corrected chi connectivity index (χ4v) is 7.35. The van der Waals surface area contributed by atoms with Crippen molar-refractivity contribution in [2.75, 3.05) is 39.3 Å². The van der Waals surface area contributed by atoms with Gasteiger partial charge < -0.3 is 10.1 Å². The van der Waals surface area contributed by atoms with Gasteiger partial charge in [0.2, 0.25) is 10.0 Å². The Morgan fingerprint density at radius 3 is 2.53 bits per heavy atom. The smallest absolute Gasteiger partial charge is 0.243 e. The van der Waals surface area contributed by atoms with E-state index in [1.807, 2.05) is 13.8 Å². The van der Waals surface area contributed by atoms with E-state index >= 15 is 0 Å². The number of benzene rings is 1. The maximum Gasteiger partial charge on any atom is 0.243 e. The third kappa shape index (κ3) is 6.13. The number of morpholine rings is 1. The van der Waals surface area contributed by atoms with E-state index in [-0.39, 0.29) is 35.5 Å². The second-order valence-electron chi connectivity index (χ2n) is 9.29. The summed E-state index contributed by atoms with van der Waals surface area (Å²) in [5.41, 5.74) is 0.411. The van der Waals surface area contributed by atoms with Gasteiger partial charge in [-0.25, -0.2) is 8.42 Å². The molecule has 7 nitrogen and oxygen atoms in total. The first-order chi connectivity index (χ1) is 16.3. The standard InChI is InChI=1S/C25H35N3O4S2/c1-19-17-28(18-20(2)32-19)34(30,31)22-9-6-8-21(14-22)24(29)16-26-15-23(25-10-7-13-33-25)27-11-4-3-5-12-27/h6-10,13-14,19-20,23,26H,3-5,11-12,15-18H2,1-2H3. The molecule has 0 amide bonds. The molecule has 1 aromatic heterocycles. The molecule has 2 saturated heterocycles. The molecular formula is C25H35N3O4S2. The Hall–Kier alpha value is -1.62. The van der Waals surface area contributed by atoms with E-state index in [0.717, 1.165) is 13.1 Å². The number of hydrogen-bond donors (Lipinski definition) is 1. The van der Waals surface area contributed by atoms with Crippen LogP contribution in [0.5, 0.6) is 0 Å². The Morgan fingerprint density at radius 1 is 1.12 bits per heavy atom. The molecule has 3 heterocycles. The molecule has 3 atom stereocenters. The first kappa shape index (κ1) is 25.5. The van der Waals surface area contributed by atoms with Crippen LogP contribution in [-0.4, -0.2) is 74.9 Å². The topological polar surface area (TPSA) is 79.0 Å². The van der Waals surface area contributed by atoms with Crippen molar-refractivity contribution in [2.45, 2.75) is 56.3 Å². The number of ketones is 1. The summed E-state index contributed by atoms with van der Waals surface area (Å²) in [7, 11) is -3.69. The number of Topliss-reactive ketones (excluding diaryl/α,β-unsaturated/α-hetero) is 1. The van der Waals surface area contributed by atoms with Crippen LogP contribution in [0.25, 0.3) is 0 Å². The number of sulfonamides is 1. The lowest BCUT2D eigenvalue weighted by Gasteiger charge is -2.34. The summed E-state index contributed by atoms with van der Waals surface area (Å²) in [5.74, 6) is -0.107. The number of nitrogens with one attached hydrogen (secondary N) is 1. The van der Waals surface area contributed by atoms with E-state index in [1.165, 1.54) is 34.5 Å². The highest BCUT2D eigenvalue weighted by Gasteiger charge is 2.32. The number of likely N-dealkylation sites (tertiary alicyclic amines) is 1. The number of thiophene rings is 1. The first-order valence-electron chi connectivity index (χ1n) is 12.1. The van der Waals surface area contributed by atoms with Crippen molar-refractivity contribution < 1.29 is 17.9 Å². The summed E-state index contributed by atoms with van der Waals surface area (Å²) < 4.78 is 33.5. The van der Waals surface area contributed by atoms with Gasteiger partial charge in [0.25, 0.3) is 0 Å². The zero-order valence-electron chi connectivity index (χ0n) is 20.0. The molecule has 0 spiro atoms. The van der Waals surface area contributed by atoms with Gasteiger partial charge in [0.15, 0.2) is 5.78 Å². The molecule has 1 N–H and O–H groups in total. The molecule has 2 aromatic rings. The summed E-state index contributed by atoms with van der Waals surface area (Å²) in [6, 6.07) is 10.9. The predicted molar refractivity (Wildman–Crippen MR) is 135 cm³/mol. The number of nitrogens with zero attached hydrogens (tertiary/aromatic N) is 2. The molecule has 9 heteroatoms. The molecule has 0 radical (unpaired) electrons. The molecule has 2 aliphatic heterocycles. The summed E-state index contributed by atoms with van der Waals surface area (Å²) in [6.45, 7) is 7.39. The van der Waals surface area contributed by atoms with Crippen LogP contribution in [0, 0.1) is 0 Å². The van der Waals surface area contributed by atoms with E-state index in [2.05, 4.69) is 27.7 Å². The molecule has 2 aliphatic rings. The lowest BCUT2D eigenvalue weighted by molar-refractivity contribution is -0.0440. The predicted octanol–water partition coefficient (Wildman–Crippen LogP) is 3.55. The highest BCUT2D eigenvalue weighted by molar-refractivity contribution is 7.89. The number of rotatable bonds is 9. The summed E-state index contributed by atoms with van der Waals surface area (Å²) in [6.07, 6.45) is 3.37. The van der Waals surface area contributed by atoms with Crippen molar-refractivity contribution in [3.63, 3.8) is 0 Å². The van der Waals surface area contributed by atoms with Gasteiger partial charge in [0.05, 0.1) is 29.7 Å². The monoisotopic (exact) mass is 505 g/mol. The first-order valence-corrected chi connectivity index (χ1v) is 14.4. The summed E-state index contributed by atoms with van der Waals surface area (Å²) >= 11 is 1.75. The Kier molecular flexibility index (Phi) is 8.55. The van der Waals surface area contributed by atoms with E-state index in [4.69, 9.17) is 4.74 Å². The average Bonchev–Trinajstić information content (AvgIpc) is 3.36. The fraction of sp³-hybridized carbons (Fsp3) is 0.560. The number of ether oxygens (including phenoxy) is 1. The molecule has 186 valence electrons. The Balaban J connectivity index is 1.40. The highest BCUT2D eigenvalue weighted by atomic mass is 32.2. The van der Waals surface area contributed by atoms with Gasteiger partial charge in [-0.05, 0) is 63.4 Å². The molecule has 34 heavy (non-hydrogen) atoms. The molecule has 0 aliphatic carbocycles. The quantitative estimate of drug-likeness (QED) is 0.525. The maximum absolute atomic E-state index is 13.2. The van der Waals surface area contributed by atoms with Gasteiger partial charge in [-0.15, -0.1) is 11.3 Å². The highest BCUT2D eigenvalue weighted by Crippen LogP contribution is 2.27. The average molecular weight is 506 g/mol. The minimum Gasteiger partial charge on any atom is -0.373 e. The van der Waals surface area contributed by atoms with Crippen molar-refractivity contribution in [3.8, 4) is 0 Å². The zero-order valence-corrected chi connectivity index (χ0v) is 21.6. The van der Waals surface area contributed by atoms with Gasteiger partial charge in [-0.1, -0.05) is 24.6 Å². The van der Waals surface area contributed by atoms with Crippen LogP contribution in [0.1, 0.15) is 54.4 Å². The lowest BCUT2D eigenvalue weighted by Crippen LogP contribution is -2.48. The van der Waals surface area contributed by atoms with Gasteiger partial charge in [0.1, 0.15) is 0 Å². The van der Waals surface area contributed by atoms with E-state index in [1.54, 1.807) is 29.5 Å². The minimum atomic E-state index is -3.69. The van der Waals surface area contributed by atoms with E-state index < -0.39 is 10.0 Å². The fourth-order valence-electron chi connectivity index (χ4n) is 4.85. The maximum atomic E-state index is 13.2. The van der Waals surface area contributed by atoms with Gasteiger partial charge in [0, 0.05) is 30.1 Å². The Bertz CT molecular complexity index is 1040. The normalized spacial score (nSPS) is 23.6. The van der Waals surface area contributed by atoms with Gasteiger partial charge in [-0.3, -0.25) is 9.69 Å². The van der Waals surface area contributed by atoms with Gasteiger partial charge >= 0.3 is 0 Å². The Morgan fingerprint density at radius 2 is 1.85 bits per heavy atom. The van der Waals surface area contributed by atoms with Crippen LogP contribution in [0.2, 0.25) is 0 Å². The van der Waals surface area contributed by atoms with Crippen LogP contribution >= 0.6 is 11.3 Å². The largest absolute Gasteiger partial charge is 0.373 e. The minimum absolute atomic E-state index is 0.107. The van der Waals surface area contributed by atoms with Gasteiger partial charge in [-0.2, -0.15) is 4.31 Å². The van der Waals surface area contributed by atoms with Crippen molar-refractivity contribution in [3.05, 3.63) is 52.2 Å². The second-order valence-corrected chi connectivity index (χ2v) is 12.2. The van der Waals surface area contributed by atoms with Crippen molar-refractivity contribution in [1.82, 2.24) is 14.5 Å². The van der Waals surface area contributed by atoms with Crippen LogP contribution < -0.4 is 5.32 Å². The van der Waals surface area contributed by atoms with E-state index in [9.17, 15) is 13.2 Å². The molecule has 0 bridgehead atoms. The summed E-state index contributed by atoms with van der Waals surface area (Å²) in [4.78, 5) is 16.9.